The Morgan fingerprint density at radius 2 is 1.65 bits per heavy atom. The summed E-state index contributed by atoms with van der Waals surface area (Å²) in [5, 5.41) is 11.4. The number of aliphatic carboxylic acids is 1. The molecule has 2 N–H and O–H groups in total. The molecule has 0 saturated heterocycles. The van der Waals surface area contributed by atoms with Crippen LogP contribution in [0.2, 0.25) is 0 Å². The molecule has 100 valence electrons. The summed E-state index contributed by atoms with van der Waals surface area (Å²) < 4.78 is 0. The van der Waals surface area contributed by atoms with Gasteiger partial charge in [-0.05, 0) is 18.8 Å². The fourth-order valence-corrected chi connectivity index (χ4v) is 1.43. The molecular weight excluding hydrogens is 218 g/mol. The molecule has 0 aliphatic rings. The van der Waals surface area contributed by atoms with E-state index in [1.165, 1.54) is 0 Å². The van der Waals surface area contributed by atoms with Gasteiger partial charge >= 0.3 is 5.97 Å². The van der Waals surface area contributed by atoms with Crippen molar-refractivity contribution in [1.82, 2.24) is 5.32 Å². The fraction of sp³-hybridized carbons (Fsp3) is 0.846. The minimum Gasteiger partial charge on any atom is -0.481 e. The Morgan fingerprint density at radius 3 is 2.18 bits per heavy atom. The predicted molar refractivity (Wildman–Crippen MR) is 67.7 cm³/mol. The fourth-order valence-electron chi connectivity index (χ4n) is 1.43. The number of hydrogen-bond donors (Lipinski definition) is 2. The minimum atomic E-state index is -0.732. The van der Waals surface area contributed by atoms with Gasteiger partial charge in [-0.3, -0.25) is 9.59 Å². The summed E-state index contributed by atoms with van der Waals surface area (Å²) >= 11 is 0. The molecule has 0 saturated carbocycles. The van der Waals surface area contributed by atoms with Crippen molar-refractivity contribution in [2.24, 2.45) is 11.8 Å². The quantitative estimate of drug-likeness (QED) is 0.611. The van der Waals surface area contributed by atoms with Crippen LogP contribution in [0.3, 0.4) is 0 Å². The average Bonchev–Trinajstić information content (AvgIpc) is 2.25. The van der Waals surface area contributed by atoms with Crippen LogP contribution in [0.15, 0.2) is 0 Å². The monoisotopic (exact) mass is 243 g/mol. The van der Waals surface area contributed by atoms with Crippen molar-refractivity contribution in [3.05, 3.63) is 0 Å². The largest absolute Gasteiger partial charge is 0.481 e. The van der Waals surface area contributed by atoms with Gasteiger partial charge < -0.3 is 10.4 Å². The first kappa shape index (κ1) is 15.9. The van der Waals surface area contributed by atoms with E-state index >= 15 is 0 Å². The van der Waals surface area contributed by atoms with Crippen molar-refractivity contribution >= 4 is 11.9 Å². The smallest absolute Gasteiger partial charge is 0.303 e. The van der Waals surface area contributed by atoms with E-state index in [0.717, 1.165) is 25.7 Å². The lowest BCUT2D eigenvalue weighted by Crippen LogP contribution is -2.32. The number of carboxylic acids is 1. The number of carbonyl (C=O) groups excluding carboxylic acids is 1. The SMILES string of the molecule is CC(C)C(C)C(=O)NCCCCCCC(=O)O. The standard InChI is InChI=1S/C13H25NO3/c1-10(2)11(3)13(17)14-9-7-5-4-6-8-12(15)16/h10-11H,4-9H2,1-3H3,(H,14,17)(H,15,16). The zero-order valence-corrected chi connectivity index (χ0v) is 11.2. The number of rotatable bonds is 9. The zero-order chi connectivity index (χ0) is 13.3. The second kappa shape index (κ2) is 9.02. The van der Waals surface area contributed by atoms with Crippen LogP contribution in [0.5, 0.6) is 0 Å². The lowest BCUT2D eigenvalue weighted by Gasteiger charge is -2.15. The summed E-state index contributed by atoms with van der Waals surface area (Å²) in [5.41, 5.74) is 0. The number of hydrogen-bond acceptors (Lipinski definition) is 2. The number of carboxylic acid groups (broad SMARTS) is 1. The predicted octanol–water partition coefficient (Wildman–Crippen LogP) is 2.43. The van der Waals surface area contributed by atoms with Crippen LogP contribution >= 0.6 is 0 Å². The van der Waals surface area contributed by atoms with Crippen molar-refractivity contribution in [3.8, 4) is 0 Å². The molecule has 0 aromatic heterocycles. The first-order chi connectivity index (χ1) is 7.95. The van der Waals surface area contributed by atoms with E-state index in [1.54, 1.807) is 0 Å². The molecule has 0 heterocycles. The highest BCUT2D eigenvalue weighted by molar-refractivity contribution is 5.78. The maximum absolute atomic E-state index is 11.6. The van der Waals surface area contributed by atoms with Crippen molar-refractivity contribution < 1.29 is 14.7 Å². The molecule has 4 nitrogen and oxygen atoms in total. The molecule has 0 aliphatic carbocycles. The van der Waals surface area contributed by atoms with E-state index in [0.29, 0.717) is 12.5 Å². The lowest BCUT2D eigenvalue weighted by atomic mass is 9.97. The van der Waals surface area contributed by atoms with Crippen LogP contribution in [-0.4, -0.2) is 23.5 Å². The van der Waals surface area contributed by atoms with Gasteiger partial charge in [0.25, 0.3) is 0 Å². The second-order valence-corrected chi connectivity index (χ2v) is 4.88. The highest BCUT2D eigenvalue weighted by Crippen LogP contribution is 2.09. The van der Waals surface area contributed by atoms with Gasteiger partial charge in [0.1, 0.15) is 0 Å². The molecule has 0 rings (SSSR count). The Kier molecular flexibility index (Phi) is 8.46. The molecule has 1 unspecified atom stereocenters. The van der Waals surface area contributed by atoms with Gasteiger partial charge in [-0.2, -0.15) is 0 Å². The minimum absolute atomic E-state index is 0.0574. The van der Waals surface area contributed by atoms with Crippen LogP contribution in [0.25, 0.3) is 0 Å². The Labute approximate surface area is 104 Å². The van der Waals surface area contributed by atoms with Gasteiger partial charge in [-0.15, -0.1) is 0 Å². The second-order valence-electron chi connectivity index (χ2n) is 4.88. The number of unbranched alkanes of at least 4 members (excludes halogenated alkanes) is 3. The highest BCUT2D eigenvalue weighted by Gasteiger charge is 2.15. The summed E-state index contributed by atoms with van der Waals surface area (Å²) in [4.78, 5) is 21.8. The molecular formula is C13H25NO3. The Hall–Kier alpha value is -1.06. The van der Waals surface area contributed by atoms with E-state index in [2.05, 4.69) is 5.32 Å². The third-order valence-electron chi connectivity index (χ3n) is 3.03. The van der Waals surface area contributed by atoms with E-state index in [1.807, 2.05) is 20.8 Å². The van der Waals surface area contributed by atoms with Crippen molar-refractivity contribution in [1.29, 1.82) is 0 Å². The van der Waals surface area contributed by atoms with Crippen LogP contribution < -0.4 is 5.32 Å². The molecule has 0 aliphatic heterocycles. The molecule has 1 amide bonds. The maximum atomic E-state index is 11.6. The van der Waals surface area contributed by atoms with Crippen molar-refractivity contribution in [2.75, 3.05) is 6.54 Å². The van der Waals surface area contributed by atoms with Gasteiger partial charge in [0.05, 0.1) is 0 Å². The van der Waals surface area contributed by atoms with E-state index in [9.17, 15) is 9.59 Å². The third kappa shape index (κ3) is 8.72. The van der Waals surface area contributed by atoms with Gasteiger partial charge in [-0.1, -0.05) is 33.6 Å². The van der Waals surface area contributed by atoms with Gasteiger partial charge in [0.2, 0.25) is 5.91 Å². The van der Waals surface area contributed by atoms with E-state index in [-0.39, 0.29) is 18.2 Å². The molecule has 17 heavy (non-hydrogen) atoms. The summed E-state index contributed by atoms with van der Waals surface area (Å²) in [6.45, 7) is 6.71. The number of carbonyl (C=O) groups is 2. The topological polar surface area (TPSA) is 66.4 Å². The number of nitrogens with one attached hydrogen (secondary N) is 1. The van der Waals surface area contributed by atoms with Gasteiger partial charge in [0, 0.05) is 18.9 Å². The number of amides is 1. The highest BCUT2D eigenvalue weighted by atomic mass is 16.4. The van der Waals surface area contributed by atoms with Crippen molar-refractivity contribution in [3.63, 3.8) is 0 Å². The van der Waals surface area contributed by atoms with Crippen LogP contribution in [0.1, 0.15) is 52.9 Å². The van der Waals surface area contributed by atoms with Gasteiger partial charge in [0.15, 0.2) is 0 Å². The molecule has 0 spiro atoms. The van der Waals surface area contributed by atoms with Crippen molar-refractivity contribution in [2.45, 2.75) is 52.9 Å². The summed E-state index contributed by atoms with van der Waals surface area (Å²) in [6.07, 6.45) is 3.80. The Morgan fingerprint density at radius 1 is 1.06 bits per heavy atom. The first-order valence-electron chi connectivity index (χ1n) is 6.44. The van der Waals surface area contributed by atoms with Crippen LogP contribution in [0, 0.1) is 11.8 Å². The molecule has 4 heteroatoms. The molecule has 1 atom stereocenters. The summed E-state index contributed by atoms with van der Waals surface area (Å²) in [7, 11) is 0. The molecule has 0 aromatic carbocycles. The molecule has 0 radical (unpaired) electrons. The van der Waals surface area contributed by atoms with E-state index in [4.69, 9.17) is 5.11 Å². The Balaban J connectivity index is 3.39. The normalized spacial score (nSPS) is 12.5. The average molecular weight is 243 g/mol. The maximum Gasteiger partial charge on any atom is 0.303 e. The lowest BCUT2D eigenvalue weighted by molar-refractivity contribution is -0.137. The van der Waals surface area contributed by atoms with E-state index < -0.39 is 5.97 Å². The van der Waals surface area contributed by atoms with Crippen LogP contribution in [0.4, 0.5) is 0 Å². The third-order valence-corrected chi connectivity index (χ3v) is 3.03. The summed E-state index contributed by atoms with van der Waals surface area (Å²) in [6, 6.07) is 0. The molecule has 0 fully saturated rings. The van der Waals surface area contributed by atoms with Gasteiger partial charge in [-0.25, -0.2) is 0 Å². The van der Waals surface area contributed by atoms with Crippen LogP contribution in [-0.2, 0) is 9.59 Å². The summed E-state index contributed by atoms with van der Waals surface area (Å²) in [5.74, 6) is -0.192. The molecule has 0 bridgehead atoms. The zero-order valence-electron chi connectivity index (χ0n) is 11.2. The molecule has 0 aromatic rings. The Bertz CT molecular complexity index is 239. The first-order valence-corrected chi connectivity index (χ1v) is 6.44.